The molecule has 2 N–H and O–H groups in total. The first kappa shape index (κ1) is 15.7. The molecule has 0 aromatic carbocycles. The second-order valence-electron chi connectivity index (χ2n) is 5.27. The number of carbonyl (C=O) groups is 1. The van der Waals surface area contributed by atoms with Crippen LogP contribution in [0.2, 0.25) is 0 Å². The molecule has 118 valence electrons. The molecule has 0 radical (unpaired) electrons. The number of halogens is 1. The zero-order valence-corrected chi connectivity index (χ0v) is 14.3. The van der Waals surface area contributed by atoms with Crippen molar-refractivity contribution in [3.05, 3.63) is 34.1 Å². The van der Waals surface area contributed by atoms with E-state index in [4.69, 9.17) is 12.3 Å². The van der Waals surface area contributed by atoms with Crippen LogP contribution < -0.4 is 5.73 Å². The predicted octanol–water partition coefficient (Wildman–Crippen LogP) is 1.26. The molecule has 2 aromatic heterocycles. The zero-order chi connectivity index (χ0) is 16.6. The van der Waals surface area contributed by atoms with Gasteiger partial charge in [-0.1, -0.05) is 6.58 Å². The van der Waals surface area contributed by atoms with Gasteiger partial charge in [-0.3, -0.25) is 4.79 Å². The smallest absolute Gasteiger partial charge is 0.246 e. The lowest BCUT2D eigenvalue weighted by Crippen LogP contribution is -2.36. The molecule has 9 heteroatoms. The van der Waals surface area contributed by atoms with Gasteiger partial charge in [-0.2, -0.15) is 5.10 Å². The monoisotopic (exact) mass is 423 g/mol. The number of rotatable bonds is 3. The number of fused-ring (bicyclic) bond motifs is 1. The number of likely N-dealkylation sites (tertiary alicyclic amines) is 1. The maximum absolute atomic E-state index is 12.0. The van der Waals surface area contributed by atoms with Gasteiger partial charge in [0.05, 0.1) is 11.4 Å². The number of carbonyl (C=O) groups excluding carboxylic acids is 1. The van der Waals surface area contributed by atoms with Crippen LogP contribution in [0.15, 0.2) is 19.0 Å². The quantitative estimate of drug-likeness (QED) is 0.456. The third-order valence-electron chi connectivity index (χ3n) is 3.97. The maximum Gasteiger partial charge on any atom is 0.246 e. The minimum Gasteiger partial charge on any atom is -0.383 e. The Morgan fingerprint density at radius 3 is 3.09 bits per heavy atom. The number of nitrogens with zero attached hydrogens (tertiary/aromatic N) is 6. The Bertz CT molecular complexity index is 824. The number of anilines is 1. The summed E-state index contributed by atoms with van der Waals surface area (Å²) in [5, 5.41) is 5.25. The van der Waals surface area contributed by atoms with Gasteiger partial charge in [-0.15, -0.1) is 0 Å². The molecule has 0 aliphatic carbocycles. The number of hydrogen-bond donors (Lipinski definition) is 1. The Balaban J connectivity index is 2.00. The van der Waals surface area contributed by atoms with Crippen LogP contribution in [-0.4, -0.2) is 49.7 Å². The van der Waals surface area contributed by atoms with Crippen LogP contribution in [-0.2, 0) is 4.79 Å². The van der Waals surface area contributed by atoms with E-state index in [1.54, 1.807) is 9.58 Å². The minimum absolute atomic E-state index is 0.0500. The van der Waals surface area contributed by atoms with Gasteiger partial charge in [0.2, 0.25) is 12.5 Å². The Kier molecular flexibility index (Phi) is 4.16. The second kappa shape index (κ2) is 6.11. The summed E-state index contributed by atoms with van der Waals surface area (Å²) in [6, 6.07) is -0.190. The van der Waals surface area contributed by atoms with E-state index in [9.17, 15) is 4.79 Å². The Morgan fingerprint density at radius 2 is 2.39 bits per heavy atom. The van der Waals surface area contributed by atoms with Gasteiger partial charge in [-0.25, -0.2) is 21.2 Å². The molecule has 2 aromatic rings. The Hall–Kier alpha value is -2.22. The van der Waals surface area contributed by atoms with E-state index in [2.05, 4.69) is 49.1 Å². The number of hydrogen-bond acceptors (Lipinski definition) is 5. The van der Waals surface area contributed by atoms with Crippen molar-refractivity contribution in [2.45, 2.75) is 18.5 Å². The highest BCUT2D eigenvalue weighted by atomic mass is 127. The molecule has 1 saturated heterocycles. The summed E-state index contributed by atoms with van der Waals surface area (Å²) in [5.74, 6) is 0.224. The second-order valence-corrected chi connectivity index (χ2v) is 6.29. The molecule has 0 spiro atoms. The first-order chi connectivity index (χ1) is 11.1. The fraction of sp³-hybridized carbons (Fsp3) is 0.357. The van der Waals surface area contributed by atoms with Gasteiger partial charge in [-0.05, 0) is 35.1 Å². The molecule has 23 heavy (non-hydrogen) atoms. The number of nitrogen functional groups attached to an aromatic ring is 1. The first-order valence-corrected chi connectivity index (χ1v) is 8.05. The van der Waals surface area contributed by atoms with Gasteiger partial charge >= 0.3 is 0 Å². The molecular weight excluding hydrogens is 409 g/mol. The van der Waals surface area contributed by atoms with Crippen molar-refractivity contribution in [1.29, 1.82) is 0 Å². The Labute approximate surface area is 146 Å². The highest BCUT2D eigenvalue weighted by Crippen LogP contribution is 2.32. The highest BCUT2D eigenvalue weighted by molar-refractivity contribution is 14.1. The van der Waals surface area contributed by atoms with E-state index >= 15 is 0 Å². The van der Waals surface area contributed by atoms with E-state index in [-0.39, 0.29) is 24.5 Å². The van der Waals surface area contributed by atoms with Gasteiger partial charge in [0.1, 0.15) is 21.9 Å². The maximum atomic E-state index is 12.0. The van der Waals surface area contributed by atoms with Gasteiger partial charge < -0.3 is 15.5 Å². The summed E-state index contributed by atoms with van der Waals surface area (Å²) in [5.41, 5.74) is 6.57. The van der Waals surface area contributed by atoms with Crippen LogP contribution in [0.4, 0.5) is 5.82 Å². The number of nitrogens with two attached hydrogens (primary N) is 1. The molecule has 2 atom stereocenters. The van der Waals surface area contributed by atoms with Crippen molar-refractivity contribution >= 4 is 45.3 Å². The van der Waals surface area contributed by atoms with Gasteiger partial charge in [0.25, 0.3) is 0 Å². The summed E-state index contributed by atoms with van der Waals surface area (Å²) >= 11 is 2.10. The molecule has 1 fully saturated rings. The zero-order valence-electron chi connectivity index (χ0n) is 12.2. The molecule has 0 unspecified atom stereocenters. The fourth-order valence-corrected chi connectivity index (χ4v) is 3.69. The van der Waals surface area contributed by atoms with Crippen LogP contribution in [0.5, 0.6) is 0 Å². The Morgan fingerprint density at radius 1 is 1.61 bits per heavy atom. The molecule has 1 aliphatic heterocycles. The molecule has 3 rings (SSSR count). The topological polar surface area (TPSA) is 94.3 Å². The fourth-order valence-electron chi connectivity index (χ4n) is 2.94. The lowest BCUT2D eigenvalue weighted by Gasteiger charge is -2.18. The van der Waals surface area contributed by atoms with E-state index in [0.29, 0.717) is 24.4 Å². The number of aromatic nitrogens is 4. The molecule has 0 saturated carbocycles. The minimum atomic E-state index is -0.165. The molecular formula is C14H14IN7O. The summed E-state index contributed by atoms with van der Waals surface area (Å²) in [7, 11) is 0. The first-order valence-electron chi connectivity index (χ1n) is 6.97. The van der Waals surface area contributed by atoms with Crippen LogP contribution in [0.3, 0.4) is 0 Å². The summed E-state index contributed by atoms with van der Waals surface area (Å²) in [4.78, 5) is 25.4. The summed E-state index contributed by atoms with van der Waals surface area (Å²) in [6.45, 7) is 11.4. The van der Waals surface area contributed by atoms with Crippen molar-refractivity contribution in [3.63, 3.8) is 0 Å². The van der Waals surface area contributed by atoms with Gasteiger partial charge in [0, 0.05) is 6.54 Å². The van der Waals surface area contributed by atoms with Crippen molar-refractivity contribution in [2.24, 2.45) is 0 Å². The lowest BCUT2D eigenvalue weighted by molar-refractivity contribution is -0.126. The highest BCUT2D eigenvalue weighted by Gasteiger charge is 2.38. The standard InChI is InChI=1S/C14H14IN7O/c1-3-10(23)21-6-9(4-8(21)5-17-2)22-14-11(12(15)20-22)13(16)18-7-19-14/h3,7-9H,1,4-6H2,(H2,16,18,19)/t8-,9+/m1/s1. The molecule has 0 bridgehead atoms. The molecule has 8 nitrogen and oxygen atoms in total. The van der Waals surface area contributed by atoms with E-state index in [0.717, 1.165) is 9.09 Å². The van der Waals surface area contributed by atoms with Crippen LogP contribution >= 0.6 is 22.6 Å². The molecule has 3 heterocycles. The summed E-state index contributed by atoms with van der Waals surface area (Å²) in [6.07, 6.45) is 3.34. The molecule has 1 aliphatic rings. The molecule has 1 amide bonds. The average molecular weight is 423 g/mol. The largest absolute Gasteiger partial charge is 0.383 e. The normalized spacial score (nSPS) is 20.6. The van der Waals surface area contributed by atoms with Crippen molar-refractivity contribution < 1.29 is 4.79 Å². The third-order valence-corrected chi connectivity index (χ3v) is 4.73. The van der Waals surface area contributed by atoms with E-state index < -0.39 is 0 Å². The van der Waals surface area contributed by atoms with Crippen LogP contribution in [0.1, 0.15) is 12.5 Å². The summed E-state index contributed by atoms with van der Waals surface area (Å²) < 4.78 is 2.52. The van der Waals surface area contributed by atoms with E-state index in [1.165, 1.54) is 12.4 Å². The van der Waals surface area contributed by atoms with Crippen LogP contribution in [0.25, 0.3) is 15.9 Å². The van der Waals surface area contributed by atoms with Crippen molar-refractivity contribution in [2.75, 3.05) is 18.8 Å². The number of amides is 1. The van der Waals surface area contributed by atoms with Gasteiger partial charge in [0.15, 0.2) is 5.65 Å². The van der Waals surface area contributed by atoms with Crippen molar-refractivity contribution in [3.8, 4) is 0 Å². The lowest BCUT2D eigenvalue weighted by atomic mass is 10.1. The average Bonchev–Trinajstić information content (AvgIpc) is 3.09. The third kappa shape index (κ3) is 2.63. The van der Waals surface area contributed by atoms with Crippen molar-refractivity contribution in [1.82, 2.24) is 24.6 Å². The van der Waals surface area contributed by atoms with Crippen LogP contribution in [0, 0.1) is 10.3 Å². The SMILES string of the molecule is [C-]#[N+]C[C@H]1C[C@H](n2nc(I)c3c(N)ncnc32)CN1C(=O)C=C. The van der Waals surface area contributed by atoms with E-state index in [1.807, 2.05) is 0 Å². The predicted molar refractivity (Wildman–Crippen MR) is 93.3 cm³/mol.